The number of thiophene rings is 1. The molecule has 1 amide bonds. The van der Waals surface area contributed by atoms with Gasteiger partial charge in [-0.3, -0.25) is 9.69 Å². The van der Waals surface area contributed by atoms with Crippen molar-refractivity contribution in [3.8, 4) is 0 Å². The minimum absolute atomic E-state index is 0.0503. The molecule has 4 rings (SSSR count). The smallest absolute Gasteiger partial charge is 0.353 e. The van der Waals surface area contributed by atoms with Gasteiger partial charge >= 0.3 is 5.97 Å². The summed E-state index contributed by atoms with van der Waals surface area (Å²) in [7, 11) is 1.81. The van der Waals surface area contributed by atoms with Gasteiger partial charge in [-0.25, -0.2) is 9.48 Å². The number of fused-ring (bicyclic) bond motifs is 2. The molecular weight excluding hydrogens is 312 g/mol. The average Bonchev–Trinajstić information content (AvgIpc) is 3.10. The standard InChI is InChI=1S/C12H8N4O3S2/c1-15-7-3-5(21-9(7)13-14-15)2-6-10(17)16-8(12(18)19)4-20-11(6)16/h2-4,11H,1H3,(H,18,19)/b6-2-. The molecule has 2 aliphatic heterocycles. The Balaban J connectivity index is 1.66. The van der Waals surface area contributed by atoms with Crippen LogP contribution in [0.5, 0.6) is 0 Å². The van der Waals surface area contributed by atoms with E-state index in [0.717, 1.165) is 15.2 Å². The molecule has 1 fully saturated rings. The predicted molar refractivity (Wildman–Crippen MR) is 78.3 cm³/mol. The third-order valence-corrected chi connectivity index (χ3v) is 5.42. The number of hydrogen-bond acceptors (Lipinski definition) is 6. The summed E-state index contributed by atoms with van der Waals surface area (Å²) >= 11 is 2.79. The van der Waals surface area contributed by atoms with Crippen LogP contribution in [0.1, 0.15) is 4.88 Å². The summed E-state index contributed by atoms with van der Waals surface area (Å²) in [6.07, 6.45) is 1.81. The number of amides is 1. The van der Waals surface area contributed by atoms with Crippen molar-refractivity contribution in [2.24, 2.45) is 7.05 Å². The summed E-state index contributed by atoms with van der Waals surface area (Å²) in [6.45, 7) is 0. The van der Waals surface area contributed by atoms with Gasteiger partial charge < -0.3 is 5.11 Å². The second-order valence-electron chi connectivity index (χ2n) is 4.62. The van der Waals surface area contributed by atoms with Gasteiger partial charge in [0.1, 0.15) is 16.6 Å². The molecule has 0 spiro atoms. The Morgan fingerprint density at radius 2 is 2.33 bits per heavy atom. The van der Waals surface area contributed by atoms with E-state index in [9.17, 15) is 9.59 Å². The zero-order valence-corrected chi connectivity index (χ0v) is 12.3. The van der Waals surface area contributed by atoms with Crippen LogP contribution in [0, 0.1) is 0 Å². The first-order valence-electron chi connectivity index (χ1n) is 5.99. The average molecular weight is 320 g/mol. The summed E-state index contributed by atoms with van der Waals surface area (Å²) < 4.78 is 1.68. The fourth-order valence-electron chi connectivity index (χ4n) is 2.34. The van der Waals surface area contributed by atoms with Crippen LogP contribution in [-0.2, 0) is 16.6 Å². The van der Waals surface area contributed by atoms with Crippen molar-refractivity contribution in [3.63, 3.8) is 0 Å². The quantitative estimate of drug-likeness (QED) is 0.662. The number of hydrogen-bond donors (Lipinski definition) is 1. The molecule has 21 heavy (non-hydrogen) atoms. The van der Waals surface area contributed by atoms with Crippen molar-refractivity contribution in [1.29, 1.82) is 0 Å². The number of aryl methyl sites for hydroxylation is 1. The van der Waals surface area contributed by atoms with Crippen LogP contribution in [0.3, 0.4) is 0 Å². The molecule has 2 aromatic rings. The molecule has 2 aliphatic rings. The molecule has 0 saturated carbocycles. The van der Waals surface area contributed by atoms with Crippen molar-refractivity contribution in [2.75, 3.05) is 0 Å². The second-order valence-corrected chi connectivity index (χ2v) is 6.64. The molecular formula is C12H8N4O3S2. The van der Waals surface area contributed by atoms with Gasteiger partial charge in [-0.1, -0.05) is 5.21 Å². The van der Waals surface area contributed by atoms with Crippen molar-refractivity contribution < 1.29 is 14.7 Å². The highest BCUT2D eigenvalue weighted by Crippen LogP contribution is 2.45. The third kappa shape index (κ3) is 1.67. The second kappa shape index (κ2) is 4.18. The van der Waals surface area contributed by atoms with Crippen LogP contribution in [0.25, 0.3) is 16.4 Å². The lowest BCUT2D eigenvalue weighted by molar-refractivity contribution is -0.141. The number of aromatic nitrogens is 3. The molecule has 0 bridgehead atoms. The maximum absolute atomic E-state index is 12.1. The Kier molecular flexibility index (Phi) is 2.51. The zero-order chi connectivity index (χ0) is 14.7. The number of carboxylic acid groups (broad SMARTS) is 1. The van der Waals surface area contributed by atoms with E-state index < -0.39 is 5.97 Å². The third-order valence-electron chi connectivity index (χ3n) is 3.38. The van der Waals surface area contributed by atoms with E-state index in [2.05, 4.69) is 10.3 Å². The van der Waals surface area contributed by atoms with Gasteiger partial charge in [0.15, 0.2) is 4.83 Å². The largest absolute Gasteiger partial charge is 0.477 e. The molecule has 2 aromatic heterocycles. The van der Waals surface area contributed by atoms with Crippen LogP contribution >= 0.6 is 23.1 Å². The van der Waals surface area contributed by atoms with E-state index in [0.29, 0.717) is 5.57 Å². The highest BCUT2D eigenvalue weighted by Gasteiger charge is 2.49. The van der Waals surface area contributed by atoms with Gasteiger partial charge in [0.25, 0.3) is 5.91 Å². The molecule has 1 atom stereocenters. The van der Waals surface area contributed by atoms with Crippen molar-refractivity contribution >= 4 is 51.4 Å². The minimum atomic E-state index is -1.07. The number of β-lactam (4-membered cyclic amide) rings is 1. The Hall–Kier alpha value is -2.13. The SMILES string of the molecule is Cn1nnc2sc(/C=C3/C(=O)N4C(C(=O)O)=CSC34)cc21. The van der Waals surface area contributed by atoms with Crippen LogP contribution in [0.2, 0.25) is 0 Å². The van der Waals surface area contributed by atoms with Gasteiger partial charge in [0.2, 0.25) is 0 Å². The molecule has 4 heterocycles. The Bertz CT molecular complexity index is 863. The van der Waals surface area contributed by atoms with E-state index in [1.165, 1.54) is 33.4 Å². The zero-order valence-electron chi connectivity index (χ0n) is 10.7. The molecule has 1 unspecified atom stereocenters. The van der Waals surface area contributed by atoms with E-state index in [4.69, 9.17) is 5.11 Å². The highest BCUT2D eigenvalue weighted by atomic mass is 32.2. The first kappa shape index (κ1) is 12.6. The molecule has 106 valence electrons. The minimum Gasteiger partial charge on any atom is -0.477 e. The molecule has 0 radical (unpaired) electrons. The van der Waals surface area contributed by atoms with E-state index in [1.807, 2.05) is 19.2 Å². The monoisotopic (exact) mass is 320 g/mol. The summed E-state index contributed by atoms with van der Waals surface area (Å²) in [5, 5.41) is 18.2. The fraction of sp³-hybridized carbons (Fsp3) is 0.167. The van der Waals surface area contributed by atoms with Crippen LogP contribution < -0.4 is 0 Å². The fourth-order valence-corrected chi connectivity index (χ4v) is 4.41. The number of carboxylic acids is 1. The van der Waals surface area contributed by atoms with Gasteiger partial charge in [-0.05, 0) is 12.1 Å². The number of rotatable bonds is 2. The topological polar surface area (TPSA) is 88.3 Å². The maximum atomic E-state index is 12.1. The van der Waals surface area contributed by atoms with Crippen molar-refractivity contribution in [2.45, 2.75) is 5.37 Å². The van der Waals surface area contributed by atoms with Gasteiger partial charge in [-0.15, -0.1) is 28.2 Å². The Morgan fingerprint density at radius 1 is 1.52 bits per heavy atom. The molecule has 9 heteroatoms. The van der Waals surface area contributed by atoms with Crippen LogP contribution in [-0.4, -0.2) is 42.3 Å². The number of carbonyl (C=O) groups excluding carboxylic acids is 1. The van der Waals surface area contributed by atoms with Crippen molar-refractivity contribution in [3.05, 3.63) is 27.6 Å². The number of carbonyl (C=O) groups is 2. The normalized spacial score (nSPS) is 22.6. The maximum Gasteiger partial charge on any atom is 0.353 e. The molecule has 7 nitrogen and oxygen atoms in total. The summed E-state index contributed by atoms with van der Waals surface area (Å²) in [5.74, 6) is -1.32. The molecule has 1 saturated heterocycles. The Labute approximate surface area is 126 Å². The molecule has 0 aromatic carbocycles. The number of aliphatic carboxylic acids is 1. The lowest BCUT2D eigenvalue weighted by Crippen LogP contribution is -2.51. The van der Waals surface area contributed by atoms with E-state index in [1.54, 1.807) is 4.68 Å². The van der Waals surface area contributed by atoms with E-state index >= 15 is 0 Å². The van der Waals surface area contributed by atoms with Crippen LogP contribution in [0.4, 0.5) is 0 Å². The summed E-state index contributed by atoms with van der Waals surface area (Å²) in [5.41, 5.74) is 1.58. The van der Waals surface area contributed by atoms with E-state index in [-0.39, 0.29) is 17.0 Å². The Morgan fingerprint density at radius 3 is 3.05 bits per heavy atom. The van der Waals surface area contributed by atoms with Gasteiger partial charge in [0.05, 0.1) is 5.57 Å². The number of nitrogens with zero attached hydrogens (tertiary/aromatic N) is 4. The molecule has 0 aliphatic carbocycles. The molecule has 1 N–H and O–H groups in total. The van der Waals surface area contributed by atoms with Gasteiger partial charge in [-0.2, -0.15) is 0 Å². The highest BCUT2D eigenvalue weighted by molar-refractivity contribution is 8.03. The predicted octanol–water partition coefficient (Wildman–Crippen LogP) is 1.25. The summed E-state index contributed by atoms with van der Waals surface area (Å²) in [6, 6.07) is 1.92. The van der Waals surface area contributed by atoms with Crippen LogP contribution in [0.15, 0.2) is 22.7 Å². The lowest BCUT2D eigenvalue weighted by atomic mass is 10.0. The lowest BCUT2D eigenvalue weighted by Gasteiger charge is -2.37. The first-order chi connectivity index (χ1) is 10.1. The van der Waals surface area contributed by atoms with Gasteiger partial charge in [0, 0.05) is 17.3 Å². The first-order valence-corrected chi connectivity index (χ1v) is 7.75. The van der Waals surface area contributed by atoms with Crippen molar-refractivity contribution in [1.82, 2.24) is 19.9 Å². The number of thioether (sulfide) groups is 1. The summed E-state index contributed by atoms with van der Waals surface area (Å²) in [4.78, 5) is 26.1.